The summed E-state index contributed by atoms with van der Waals surface area (Å²) in [5, 5.41) is 9.59. The maximum atomic E-state index is 9.59. The molecule has 0 spiro atoms. The van der Waals surface area contributed by atoms with Crippen molar-refractivity contribution in [2.75, 3.05) is 0 Å². The van der Waals surface area contributed by atoms with Crippen LogP contribution in [-0.2, 0) is 0 Å². The van der Waals surface area contributed by atoms with Crippen LogP contribution >= 0.6 is 0 Å². The van der Waals surface area contributed by atoms with Crippen molar-refractivity contribution in [3.63, 3.8) is 0 Å². The number of unbranched alkanes of at least 4 members (excludes halogenated alkanes) is 3. The van der Waals surface area contributed by atoms with Crippen molar-refractivity contribution in [1.82, 2.24) is 0 Å². The molecule has 1 rings (SSSR count). The molecular weight excluding hydrogens is 172 g/mol. The molecule has 0 amide bonds. The third kappa shape index (κ3) is 4.80. The summed E-state index contributed by atoms with van der Waals surface area (Å²) >= 11 is 0. The van der Waals surface area contributed by atoms with Crippen molar-refractivity contribution in [3.05, 3.63) is 11.6 Å². The number of rotatable bonds is 5. The van der Waals surface area contributed by atoms with E-state index in [-0.39, 0.29) is 6.10 Å². The molecule has 82 valence electrons. The predicted molar refractivity (Wildman–Crippen MR) is 61.3 cm³/mol. The first-order chi connectivity index (χ1) is 6.83. The molecule has 0 aliphatic heterocycles. The van der Waals surface area contributed by atoms with Crippen molar-refractivity contribution in [2.24, 2.45) is 0 Å². The van der Waals surface area contributed by atoms with E-state index in [1.165, 1.54) is 56.9 Å². The minimum Gasteiger partial charge on any atom is -0.389 e. The molecule has 0 aromatic rings. The topological polar surface area (TPSA) is 20.2 Å². The average molecular weight is 196 g/mol. The maximum absolute atomic E-state index is 9.59. The molecule has 1 aliphatic carbocycles. The lowest BCUT2D eigenvalue weighted by atomic mass is 10.0. The SMILES string of the molecule is CCCCCCC1=CC(O)CCCC1. The molecule has 1 atom stereocenters. The summed E-state index contributed by atoms with van der Waals surface area (Å²) in [4.78, 5) is 0. The summed E-state index contributed by atoms with van der Waals surface area (Å²) in [6.07, 6.45) is 13.2. The van der Waals surface area contributed by atoms with E-state index in [4.69, 9.17) is 0 Å². The van der Waals surface area contributed by atoms with Crippen LogP contribution in [0, 0.1) is 0 Å². The normalized spacial score (nSPS) is 23.0. The van der Waals surface area contributed by atoms with E-state index >= 15 is 0 Å². The number of aliphatic hydroxyl groups excluding tert-OH is 1. The van der Waals surface area contributed by atoms with Crippen LogP contribution in [0.25, 0.3) is 0 Å². The lowest BCUT2D eigenvalue weighted by Crippen LogP contribution is -2.00. The number of allylic oxidation sites excluding steroid dienone is 1. The van der Waals surface area contributed by atoms with Gasteiger partial charge in [-0.15, -0.1) is 0 Å². The quantitative estimate of drug-likeness (QED) is 0.523. The van der Waals surface area contributed by atoms with Crippen molar-refractivity contribution in [2.45, 2.75) is 70.8 Å². The second-order valence-corrected chi connectivity index (χ2v) is 4.45. The molecule has 0 heterocycles. The van der Waals surface area contributed by atoms with Crippen molar-refractivity contribution >= 4 is 0 Å². The molecule has 0 radical (unpaired) electrons. The molecule has 1 unspecified atom stereocenters. The molecule has 0 saturated heterocycles. The summed E-state index contributed by atoms with van der Waals surface area (Å²) in [6, 6.07) is 0. The fraction of sp³-hybridized carbons (Fsp3) is 0.846. The van der Waals surface area contributed by atoms with E-state index in [1.54, 1.807) is 0 Å². The Morgan fingerprint density at radius 1 is 1.29 bits per heavy atom. The van der Waals surface area contributed by atoms with Gasteiger partial charge in [-0.25, -0.2) is 0 Å². The number of aliphatic hydroxyl groups is 1. The van der Waals surface area contributed by atoms with E-state index in [0.29, 0.717) is 0 Å². The zero-order valence-corrected chi connectivity index (χ0v) is 9.47. The zero-order chi connectivity index (χ0) is 10.2. The molecule has 1 nitrogen and oxygen atoms in total. The molecule has 0 saturated carbocycles. The summed E-state index contributed by atoms with van der Waals surface area (Å²) in [5.41, 5.74) is 1.51. The van der Waals surface area contributed by atoms with Gasteiger partial charge >= 0.3 is 0 Å². The van der Waals surface area contributed by atoms with Gasteiger partial charge in [0.15, 0.2) is 0 Å². The van der Waals surface area contributed by atoms with Crippen LogP contribution in [0.1, 0.15) is 64.7 Å². The van der Waals surface area contributed by atoms with Crippen LogP contribution in [0.3, 0.4) is 0 Å². The van der Waals surface area contributed by atoms with Crippen molar-refractivity contribution in [3.8, 4) is 0 Å². The maximum Gasteiger partial charge on any atom is 0.0723 e. The summed E-state index contributed by atoms with van der Waals surface area (Å²) < 4.78 is 0. The van der Waals surface area contributed by atoms with E-state index in [1.807, 2.05) is 0 Å². The highest BCUT2D eigenvalue weighted by molar-refractivity contribution is 5.06. The van der Waals surface area contributed by atoms with Gasteiger partial charge in [0.1, 0.15) is 0 Å². The molecule has 0 fully saturated rings. The van der Waals surface area contributed by atoms with Crippen LogP contribution < -0.4 is 0 Å². The molecule has 1 aliphatic rings. The summed E-state index contributed by atoms with van der Waals surface area (Å²) in [5.74, 6) is 0. The first-order valence-electron chi connectivity index (χ1n) is 6.20. The van der Waals surface area contributed by atoms with Crippen LogP contribution in [0.5, 0.6) is 0 Å². The van der Waals surface area contributed by atoms with Crippen molar-refractivity contribution in [1.29, 1.82) is 0 Å². The predicted octanol–water partition coefficient (Wildman–Crippen LogP) is 3.82. The van der Waals surface area contributed by atoms with Gasteiger partial charge < -0.3 is 5.11 Å². The minimum atomic E-state index is -0.154. The third-order valence-corrected chi connectivity index (χ3v) is 3.03. The number of hydrogen-bond donors (Lipinski definition) is 1. The first kappa shape index (κ1) is 11.8. The minimum absolute atomic E-state index is 0.154. The molecule has 0 aromatic carbocycles. The summed E-state index contributed by atoms with van der Waals surface area (Å²) in [6.45, 7) is 2.24. The average Bonchev–Trinajstić information content (AvgIpc) is 2.38. The Bertz CT molecular complexity index is 172. The fourth-order valence-electron chi connectivity index (χ4n) is 2.13. The van der Waals surface area contributed by atoms with E-state index in [0.717, 1.165) is 6.42 Å². The van der Waals surface area contributed by atoms with Gasteiger partial charge in [-0.05, 0) is 32.1 Å². The largest absolute Gasteiger partial charge is 0.389 e. The highest BCUT2D eigenvalue weighted by Crippen LogP contribution is 2.22. The zero-order valence-electron chi connectivity index (χ0n) is 9.47. The molecule has 1 heteroatoms. The van der Waals surface area contributed by atoms with Gasteiger partial charge in [0.2, 0.25) is 0 Å². The van der Waals surface area contributed by atoms with Gasteiger partial charge in [0.25, 0.3) is 0 Å². The lowest BCUT2D eigenvalue weighted by molar-refractivity contribution is 0.211. The molecule has 1 N–H and O–H groups in total. The standard InChI is InChI=1S/C13H24O/c1-2-3-4-5-8-12-9-6-7-10-13(14)11-12/h11,13-14H,2-10H2,1H3. The van der Waals surface area contributed by atoms with Gasteiger partial charge in [0.05, 0.1) is 6.10 Å². The highest BCUT2D eigenvalue weighted by Gasteiger charge is 2.08. The fourth-order valence-corrected chi connectivity index (χ4v) is 2.13. The second-order valence-electron chi connectivity index (χ2n) is 4.45. The Morgan fingerprint density at radius 2 is 2.14 bits per heavy atom. The molecular formula is C13H24O. The van der Waals surface area contributed by atoms with E-state index in [2.05, 4.69) is 13.0 Å². The lowest BCUT2D eigenvalue weighted by Gasteiger charge is -2.05. The highest BCUT2D eigenvalue weighted by atomic mass is 16.3. The molecule has 14 heavy (non-hydrogen) atoms. The summed E-state index contributed by atoms with van der Waals surface area (Å²) in [7, 11) is 0. The van der Waals surface area contributed by atoms with Crippen LogP contribution in [-0.4, -0.2) is 11.2 Å². The Labute approximate surface area is 88.2 Å². The van der Waals surface area contributed by atoms with Crippen LogP contribution in [0.4, 0.5) is 0 Å². The Hall–Kier alpha value is -0.300. The smallest absolute Gasteiger partial charge is 0.0723 e. The number of hydrogen-bond acceptors (Lipinski definition) is 1. The van der Waals surface area contributed by atoms with Gasteiger partial charge in [-0.1, -0.05) is 44.3 Å². The first-order valence-corrected chi connectivity index (χ1v) is 6.20. The van der Waals surface area contributed by atoms with E-state index < -0.39 is 0 Å². The van der Waals surface area contributed by atoms with E-state index in [9.17, 15) is 5.11 Å². The Morgan fingerprint density at radius 3 is 2.93 bits per heavy atom. The Kier molecular flexibility index (Phi) is 5.93. The van der Waals surface area contributed by atoms with Gasteiger partial charge in [-0.3, -0.25) is 0 Å². The third-order valence-electron chi connectivity index (χ3n) is 3.03. The van der Waals surface area contributed by atoms with Gasteiger partial charge in [0, 0.05) is 0 Å². The van der Waals surface area contributed by atoms with Crippen LogP contribution in [0.2, 0.25) is 0 Å². The molecule has 0 aromatic heterocycles. The molecule has 0 bridgehead atoms. The van der Waals surface area contributed by atoms with Gasteiger partial charge in [-0.2, -0.15) is 0 Å². The second kappa shape index (κ2) is 7.05. The van der Waals surface area contributed by atoms with Crippen molar-refractivity contribution < 1.29 is 5.11 Å². The Balaban J connectivity index is 2.20. The van der Waals surface area contributed by atoms with Crippen LogP contribution in [0.15, 0.2) is 11.6 Å². The monoisotopic (exact) mass is 196 g/mol.